The molecule has 2 aliphatic rings. The Morgan fingerprint density at radius 2 is 1.69 bits per heavy atom. The van der Waals surface area contributed by atoms with Gasteiger partial charge in [0.05, 0.1) is 12.7 Å². The Labute approximate surface area is 151 Å². The predicted molar refractivity (Wildman–Crippen MR) is 91.9 cm³/mol. The number of hydrogen-bond donors (Lipinski definition) is 0. The molecule has 0 bridgehead atoms. The molecule has 0 atom stereocenters. The van der Waals surface area contributed by atoms with Crippen LogP contribution in [0.2, 0.25) is 0 Å². The van der Waals surface area contributed by atoms with Crippen LogP contribution in [0.25, 0.3) is 0 Å². The van der Waals surface area contributed by atoms with E-state index in [1.165, 1.54) is 4.90 Å². The summed E-state index contributed by atoms with van der Waals surface area (Å²) in [6, 6.07) is 2.16. The minimum atomic E-state index is -0.994. The number of carbonyl (C=O) groups is 2. The van der Waals surface area contributed by atoms with Crippen LogP contribution in [0.4, 0.5) is 8.78 Å². The third kappa shape index (κ3) is 3.57. The first kappa shape index (κ1) is 18.4. The van der Waals surface area contributed by atoms with E-state index in [4.69, 9.17) is 4.74 Å². The van der Waals surface area contributed by atoms with E-state index >= 15 is 0 Å². The number of carbonyl (C=O) groups excluding carboxylic acids is 2. The van der Waals surface area contributed by atoms with Gasteiger partial charge < -0.3 is 14.5 Å². The van der Waals surface area contributed by atoms with Gasteiger partial charge in [-0.05, 0) is 31.4 Å². The van der Waals surface area contributed by atoms with Crippen molar-refractivity contribution in [2.45, 2.75) is 19.3 Å². The van der Waals surface area contributed by atoms with Crippen molar-refractivity contribution in [1.29, 1.82) is 0 Å². The fourth-order valence-corrected chi connectivity index (χ4v) is 3.47. The molecular weight excluding hydrogens is 342 g/mol. The maximum atomic E-state index is 14.4. The number of methoxy groups -OCH3 is 1. The zero-order chi connectivity index (χ0) is 18.7. The Bertz CT molecular complexity index is 728. The van der Waals surface area contributed by atoms with E-state index in [1.807, 2.05) is 12.2 Å². The third-order valence-electron chi connectivity index (χ3n) is 4.94. The molecule has 1 aliphatic carbocycles. The van der Waals surface area contributed by atoms with Crippen LogP contribution in [-0.2, 0) is 4.79 Å². The van der Waals surface area contributed by atoms with Gasteiger partial charge in [0.2, 0.25) is 5.91 Å². The summed E-state index contributed by atoms with van der Waals surface area (Å²) in [6.07, 6.45) is 6.18. The molecule has 0 spiro atoms. The highest BCUT2D eigenvalue weighted by atomic mass is 19.1. The standard InChI is InChI=1S/C19H22F2N2O3/c1-26-17-15(20)8-7-14(16(17)21)19(25)23-10-4-9-22(11-12-23)18(24)13-5-2-3-6-13/h2-3,7-8,13H,4-6,9-12H2,1H3. The van der Waals surface area contributed by atoms with E-state index in [1.54, 1.807) is 4.90 Å². The van der Waals surface area contributed by atoms with E-state index in [0.717, 1.165) is 32.1 Å². The average Bonchev–Trinajstić information content (AvgIpc) is 3.05. The number of rotatable bonds is 3. The summed E-state index contributed by atoms with van der Waals surface area (Å²) in [7, 11) is 1.16. The van der Waals surface area contributed by atoms with Crippen molar-refractivity contribution in [3.63, 3.8) is 0 Å². The molecule has 0 aromatic heterocycles. The van der Waals surface area contributed by atoms with Gasteiger partial charge in [-0.3, -0.25) is 9.59 Å². The molecule has 140 valence electrons. The quantitative estimate of drug-likeness (QED) is 0.775. The molecule has 1 heterocycles. The van der Waals surface area contributed by atoms with Gasteiger partial charge in [0.1, 0.15) is 0 Å². The topological polar surface area (TPSA) is 49.9 Å². The van der Waals surface area contributed by atoms with Crippen molar-refractivity contribution in [2.24, 2.45) is 5.92 Å². The summed E-state index contributed by atoms with van der Waals surface area (Å²) in [5.74, 6) is -2.81. The fraction of sp³-hybridized carbons (Fsp3) is 0.474. The second kappa shape index (κ2) is 7.85. The number of ether oxygens (including phenoxy) is 1. The summed E-state index contributed by atoms with van der Waals surface area (Å²) in [6.45, 7) is 1.74. The molecule has 3 rings (SSSR count). The maximum Gasteiger partial charge on any atom is 0.257 e. The van der Waals surface area contributed by atoms with Gasteiger partial charge in [-0.25, -0.2) is 8.78 Å². The van der Waals surface area contributed by atoms with Crippen molar-refractivity contribution in [2.75, 3.05) is 33.3 Å². The molecule has 5 nitrogen and oxygen atoms in total. The van der Waals surface area contributed by atoms with E-state index in [2.05, 4.69) is 0 Å². The highest BCUT2D eigenvalue weighted by Crippen LogP contribution is 2.26. The number of hydrogen-bond acceptors (Lipinski definition) is 3. The smallest absolute Gasteiger partial charge is 0.257 e. The molecule has 1 aromatic rings. The fourth-order valence-electron chi connectivity index (χ4n) is 3.47. The highest BCUT2D eigenvalue weighted by molar-refractivity contribution is 5.95. The van der Waals surface area contributed by atoms with Gasteiger partial charge in [0.15, 0.2) is 17.4 Å². The van der Waals surface area contributed by atoms with Crippen molar-refractivity contribution in [3.8, 4) is 5.75 Å². The van der Waals surface area contributed by atoms with Crippen LogP contribution in [0.3, 0.4) is 0 Å². The highest BCUT2D eigenvalue weighted by Gasteiger charge is 2.29. The number of benzene rings is 1. The Balaban J connectivity index is 1.69. The monoisotopic (exact) mass is 364 g/mol. The molecular formula is C19H22F2N2O3. The second-order valence-electron chi connectivity index (χ2n) is 6.55. The number of allylic oxidation sites excluding steroid dienone is 2. The lowest BCUT2D eigenvalue weighted by atomic mass is 10.1. The Hall–Kier alpha value is -2.44. The molecule has 2 amide bonds. The van der Waals surface area contributed by atoms with Crippen molar-refractivity contribution < 1.29 is 23.1 Å². The first-order valence-electron chi connectivity index (χ1n) is 8.78. The van der Waals surface area contributed by atoms with Crippen molar-refractivity contribution in [1.82, 2.24) is 9.80 Å². The van der Waals surface area contributed by atoms with Crippen LogP contribution in [0, 0.1) is 17.6 Å². The molecule has 1 fully saturated rings. The lowest BCUT2D eigenvalue weighted by Crippen LogP contribution is -2.39. The van der Waals surface area contributed by atoms with Crippen LogP contribution < -0.4 is 4.74 Å². The Morgan fingerprint density at radius 1 is 1.04 bits per heavy atom. The normalized spacial score (nSPS) is 18.1. The summed E-state index contributed by atoms with van der Waals surface area (Å²) >= 11 is 0. The van der Waals surface area contributed by atoms with Crippen LogP contribution in [0.5, 0.6) is 5.75 Å². The molecule has 26 heavy (non-hydrogen) atoms. The summed E-state index contributed by atoms with van der Waals surface area (Å²) in [5, 5.41) is 0. The van der Waals surface area contributed by atoms with Crippen molar-refractivity contribution in [3.05, 3.63) is 41.5 Å². The van der Waals surface area contributed by atoms with Gasteiger partial charge >= 0.3 is 0 Å². The largest absolute Gasteiger partial charge is 0.491 e. The molecule has 0 N–H and O–H groups in total. The lowest BCUT2D eigenvalue weighted by Gasteiger charge is -2.24. The summed E-state index contributed by atoms with van der Waals surface area (Å²) in [4.78, 5) is 28.5. The second-order valence-corrected chi connectivity index (χ2v) is 6.55. The number of amides is 2. The molecule has 1 aliphatic heterocycles. The van der Waals surface area contributed by atoms with E-state index in [0.29, 0.717) is 32.6 Å². The van der Waals surface area contributed by atoms with Gasteiger partial charge in [0.25, 0.3) is 5.91 Å². The summed E-state index contributed by atoms with van der Waals surface area (Å²) < 4.78 is 32.6. The zero-order valence-electron chi connectivity index (χ0n) is 14.7. The number of nitrogens with zero attached hydrogens (tertiary/aromatic N) is 2. The van der Waals surface area contributed by atoms with E-state index < -0.39 is 23.3 Å². The Kier molecular flexibility index (Phi) is 5.54. The first-order chi connectivity index (χ1) is 12.5. The SMILES string of the molecule is COc1c(F)ccc(C(=O)N2CCCN(C(=O)C3CC=CC3)CC2)c1F. The van der Waals surface area contributed by atoms with Gasteiger partial charge in [0, 0.05) is 32.1 Å². The minimum absolute atomic E-state index is 0.00365. The lowest BCUT2D eigenvalue weighted by molar-refractivity contribution is -0.135. The first-order valence-corrected chi connectivity index (χ1v) is 8.78. The van der Waals surface area contributed by atoms with Gasteiger partial charge in [-0.15, -0.1) is 0 Å². The van der Waals surface area contributed by atoms with E-state index in [-0.39, 0.29) is 17.4 Å². The van der Waals surface area contributed by atoms with Crippen molar-refractivity contribution >= 4 is 11.8 Å². The Morgan fingerprint density at radius 3 is 2.38 bits per heavy atom. The van der Waals surface area contributed by atoms with Crippen LogP contribution in [0.1, 0.15) is 29.6 Å². The predicted octanol–water partition coefficient (Wildman–Crippen LogP) is 2.61. The summed E-state index contributed by atoms with van der Waals surface area (Å²) in [5.41, 5.74) is -0.219. The van der Waals surface area contributed by atoms with Crippen LogP contribution in [0.15, 0.2) is 24.3 Å². The van der Waals surface area contributed by atoms with Gasteiger partial charge in [-0.2, -0.15) is 0 Å². The average molecular weight is 364 g/mol. The molecule has 1 aromatic carbocycles. The molecule has 7 heteroatoms. The molecule has 1 saturated heterocycles. The van der Waals surface area contributed by atoms with Crippen LogP contribution >= 0.6 is 0 Å². The van der Waals surface area contributed by atoms with Gasteiger partial charge in [-0.1, -0.05) is 12.2 Å². The third-order valence-corrected chi connectivity index (χ3v) is 4.94. The molecule has 0 radical (unpaired) electrons. The number of halogens is 2. The maximum absolute atomic E-state index is 14.4. The van der Waals surface area contributed by atoms with Crippen LogP contribution in [-0.4, -0.2) is 54.9 Å². The zero-order valence-corrected chi connectivity index (χ0v) is 14.7. The minimum Gasteiger partial charge on any atom is -0.491 e. The molecule has 0 saturated carbocycles. The molecule has 0 unspecified atom stereocenters. The van der Waals surface area contributed by atoms with E-state index in [9.17, 15) is 18.4 Å².